The van der Waals surface area contributed by atoms with Crippen LogP contribution in [0.15, 0.2) is 36.5 Å². The Bertz CT molecular complexity index is 611. The molecule has 1 fully saturated rings. The summed E-state index contributed by atoms with van der Waals surface area (Å²) in [5.74, 6) is 0.0790. The van der Waals surface area contributed by atoms with E-state index in [2.05, 4.69) is 10.3 Å². The molecule has 1 aliphatic rings. The van der Waals surface area contributed by atoms with E-state index in [0.29, 0.717) is 13.2 Å². The Kier molecular flexibility index (Phi) is 3.96. The fourth-order valence-corrected chi connectivity index (χ4v) is 2.61. The number of hydrogen-bond acceptors (Lipinski definition) is 4. The quantitative estimate of drug-likeness (QED) is 0.855. The minimum Gasteiger partial charge on any atom is -0.378 e. The third kappa shape index (κ3) is 2.95. The Balaban J connectivity index is 1.66. The second-order valence-electron chi connectivity index (χ2n) is 5.18. The van der Waals surface area contributed by atoms with E-state index in [9.17, 15) is 4.79 Å². The second-order valence-corrected chi connectivity index (χ2v) is 5.18. The van der Waals surface area contributed by atoms with Gasteiger partial charge in [0, 0.05) is 25.8 Å². The Labute approximate surface area is 123 Å². The second kappa shape index (κ2) is 6.05. The molecule has 1 amide bonds. The van der Waals surface area contributed by atoms with Crippen molar-refractivity contribution < 1.29 is 9.53 Å². The summed E-state index contributed by atoms with van der Waals surface area (Å²) in [6.07, 6.45) is 2.79. The number of carbonyl (C=O) groups is 1. The first kappa shape index (κ1) is 13.8. The third-order valence-electron chi connectivity index (χ3n) is 3.70. The van der Waals surface area contributed by atoms with Gasteiger partial charge in [0.25, 0.3) is 5.91 Å². The van der Waals surface area contributed by atoms with Gasteiger partial charge in [-0.2, -0.15) is 0 Å². The molecule has 1 saturated heterocycles. The fraction of sp³-hybridized carbons (Fsp3) is 0.400. The van der Waals surface area contributed by atoms with Crippen LogP contribution in [0.5, 0.6) is 0 Å². The Morgan fingerprint density at radius 1 is 1.38 bits per heavy atom. The van der Waals surface area contributed by atoms with E-state index in [0.717, 1.165) is 24.2 Å². The summed E-state index contributed by atoms with van der Waals surface area (Å²) < 4.78 is 6.88. The van der Waals surface area contributed by atoms with Gasteiger partial charge in [-0.25, -0.2) is 4.68 Å². The summed E-state index contributed by atoms with van der Waals surface area (Å²) in [4.78, 5) is 14.3. The van der Waals surface area contributed by atoms with Crippen LogP contribution in [-0.2, 0) is 11.3 Å². The van der Waals surface area contributed by atoms with Crippen LogP contribution in [-0.4, -0.2) is 46.0 Å². The Morgan fingerprint density at radius 2 is 2.19 bits per heavy atom. The van der Waals surface area contributed by atoms with Gasteiger partial charge in [-0.05, 0) is 18.6 Å². The van der Waals surface area contributed by atoms with Crippen LogP contribution in [0.3, 0.4) is 0 Å². The van der Waals surface area contributed by atoms with Crippen LogP contribution in [0, 0.1) is 0 Å². The van der Waals surface area contributed by atoms with E-state index >= 15 is 0 Å². The molecule has 0 N–H and O–H groups in total. The highest BCUT2D eigenvalue weighted by Crippen LogP contribution is 2.22. The summed E-state index contributed by atoms with van der Waals surface area (Å²) in [7, 11) is 1.63. The Morgan fingerprint density at radius 3 is 2.95 bits per heavy atom. The lowest BCUT2D eigenvalue weighted by Gasteiger charge is -2.16. The number of ether oxygens (including phenoxy) is 1. The standard InChI is InChI=1S/C15H18N4O2/c1-21-11-13-9-19(17-16-13)14-7-8-18(10-14)15(20)12-5-3-2-4-6-12/h2-6,9,14H,7-8,10-11H2,1H3. The topological polar surface area (TPSA) is 60.2 Å². The lowest BCUT2D eigenvalue weighted by Crippen LogP contribution is -2.29. The van der Waals surface area contributed by atoms with Gasteiger partial charge >= 0.3 is 0 Å². The van der Waals surface area contributed by atoms with Crippen molar-refractivity contribution in [3.63, 3.8) is 0 Å². The summed E-state index contributed by atoms with van der Waals surface area (Å²) in [6.45, 7) is 1.88. The monoisotopic (exact) mass is 286 g/mol. The van der Waals surface area contributed by atoms with Gasteiger partial charge in [-0.1, -0.05) is 23.4 Å². The van der Waals surface area contributed by atoms with E-state index in [1.165, 1.54) is 0 Å². The molecule has 1 unspecified atom stereocenters. The molecule has 0 aliphatic carbocycles. The third-order valence-corrected chi connectivity index (χ3v) is 3.70. The van der Waals surface area contributed by atoms with E-state index in [-0.39, 0.29) is 11.9 Å². The Hall–Kier alpha value is -2.21. The zero-order valence-electron chi connectivity index (χ0n) is 12.0. The van der Waals surface area contributed by atoms with Gasteiger partial charge in [-0.3, -0.25) is 4.79 Å². The molecule has 1 aliphatic heterocycles. The van der Waals surface area contributed by atoms with Gasteiger partial charge < -0.3 is 9.64 Å². The summed E-state index contributed by atoms with van der Waals surface area (Å²) in [5.41, 5.74) is 1.54. The van der Waals surface area contributed by atoms with E-state index in [1.54, 1.807) is 7.11 Å². The zero-order valence-corrected chi connectivity index (χ0v) is 12.0. The lowest BCUT2D eigenvalue weighted by molar-refractivity contribution is 0.0787. The van der Waals surface area contributed by atoms with Gasteiger partial charge in [0.05, 0.1) is 18.8 Å². The number of rotatable bonds is 4. The molecule has 21 heavy (non-hydrogen) atoms. The molecular weight excluding hydrogens is 268 g/mol. The molecule has 1 atom stereocenters. The smallest absolute Gasteiger partial charge is 0.253 e. The minimum absolute atomic E-state index is 0.0790. The molecule has 6 heteroatoms. The maximum atomic E-state index is 12.4. The molecule has 0 bridgehead atoms. The zero-order chi connectivity index (χ0) is 14.7. The summed E-state index contributed by atoms with van der Waals surface area (Å²) in [5, 5.41) is 8.20. The van der Waals surface area contributed by atoms with Crippen LogP contribution in [0.1, 0.15) is 28.5 Å². The van der Waals surface area contributed by atoms with Crippen molar-refractivity contribution in [2.45, 2.75) is 19.1 Å². The number of likely N-dealkylation sites (tertiary alicyclic amines) is 1. The molecule has 1 aromatic carbocycles. The van der Waals surface area contributed by atoms with E-state index in [4.69, 9.17) is 4.74 Å². The van der Waals surface area contributed by atoms with Crippen LogP contribution >= 0.6 is 0 Å². The van der Waals surface area contributed by atoms with Gasteiger partial charge in [-0.15, -0.1) is 5.10 Å². The summed E-state index contributed by atoms with van der Waals surface area (Å²) >= 11 is 0. The highest BCUT2D eigenvalue weighted by molar-refractivity contribution is 5.94. The van der Waals surface area contributed by atoms with Crippen molar-refractivity contribution in [2.75, 3.05) is 20.2 Å². The van der Waals surface area contributed by atoms with Crippen molar-refractivity contribution in [1.29, 1.82) is 0 Å². The first-order valence-electron chi connectivity index (χ1n) is 7.02. The number of hydrogen-bond donors (Lipinski definition) is 0. The predicted molar refractivity (Wildman–Crippen MR) is 76.7 cm³/mol. The molecule has 2 heterocycles. The number of nitrogens with zero attached hydrogens (tertiary/aromatic N) is 4. The molecule has 2 aromatic rings. The van der Waals surface area contributed by atoms with Crippen molar-refractivity contribution in [3.8, 4) is 0 Å². The average Bonchev–Trinajstić information content (AvgIpc) is 3.16. The molecule has 3 rings (SSSR count). The van der Waals surface area contributed by atoms with Crippen molar-refractivity contribution in [3.05, 3.63) is 47.8 Å². The molecule has 6 nitrogen and oxygen atoms in total. The SMILES string of the molecule is COCc1cn(C2CCN(C(=O)c3ccccc3)C2)nn1. The molecule has 110 valence electrons. The lowest BCUT2D eigenvalue weighted by atomic mass is 10.2. The van der Waals surface area contributed by atoms with E-state index < -0.39 is 0 Å². The summed E-state index contributed by atoms with van der Waals surface area (Å²) in [6, 6.07) is 9.57. The number of benzene rings is 1. The largest absolute Gasteiger partial charge is 0.378 e. The number of aromatic nitrogens is 3. The maximum absolute atomic E-state index is 12.4. The van der Waals surface area contributed by atoms with Crippen molar-refractivity contribution in [2.24, 2.45) is 0 Å². The first-order valence-corrected chi connectivity index (χ1v) is 7.02. The van der Waals surface area contributed by atoms with Crippen LogP contribution in [0.4, 0.5) is 0 Å². The van der Waals surface area contributed by atoms with Crippen molar-refractivity contribution in [1.82, 2.24) is 19.9 Å². The molecule has 0 spiro atoms. The molecule has 0 saturated carbocycles. The highest BCUT2D eigenvalue weighted by Gasteiger charge is 2.28. The fourth-order valence-electron chi connectivity index (χ4n) is 2.61. The minimum atomic E-state index is 0.0790. The van der Waals surface area contributed by atoms with Gasteiger partial charge in [0.15, 0.2) is 0 Å². The number of methoxy groups -OCH3 is 1. The first-order chi connectivity index (χ1) is 10.3. The van der Waals surface area contributed by atoms with Crippen LogP contribution in [0.25, 0.3) is 0 Å². The number of carbonyl (C=O) groups excluding carboxylic acids is 1. The average molecular weight is 286 g/mol. The van der Waals surface area contributed by atoms with E-state index in [1.807, 2.05) is 46.1 Å². The van der Waals surface area contributed by atoms with Crippen LogP contribution in [0.2, 0.25) is 0 Å². The molecule has 0 radical (unpaired) electrons. The van der Waals surface area contributed by atoms with Crippen LogP contribution < -0.4 is 0 Å². The predicted octanol–water partition coefficient (Wildman–Crippen LogP) is 1.51. The normalized spacial score (nSPS) is 18.1. The molecule has 1 aromatic heterocycles. The van der Waals surface area contributed by atoms with Gasteiger partial charge in [0.1, 0.15) is 5.69 Å². The molecular formula is C15H18N4O2. The van der Waals surface area contributed by atoms with Crippen molar-refractivity contribution >= 4 is 5.91 Å². The van der Waals surface area contributed by atoms with Gasteiger partial charge in [0.2, 0.25) is 0 Å². The maximum Gasteiger partial charge on any atom is 0.253 e. The number of amides is 1. The highest BCUT2D eigenvalue weighted by atomic mass is 16.5.